The van der Waals surface area contributed by atoms with Gasteiger partial charge in [-0.2, -0.15) is 0 Å². The van der Waals surface area contributed by atoms with E-state index in [1.807, 2.05) is 24.4 Å². The number of β-amino-alcohol motifs (C(OH)–C–C–N with tert-alkyl or cyclic N) is 1. The van der Waals surface area contributed by atoms with Crippen LogP contribution in [0.15, 0.2) is 48.8 Å². The van der Waals surface area contributed by atoms with E-state index < -0.39 is 0 Å². The zero-order valence-electron chi connectivity index (χ0n) is 14.6. The highest BCUT2D eigenvalue weighted by molar-refractivity contribution is 5.41. The highest BCUT2D eigenvalue weighted by Gasteiger charge is 2.32. The van der Waals surface area contributed by atoms with E-state index in [0.29, 0.717) is 6.54 Å². The number of benzene rings is 1. The summed E-state index contributed by atoms with van der Waals surface area (Å²) in [4.78, 5) is 6.82. The normalized spacial score (nSPS) is 21.1. The first-order chi connectivity index (χ1) is 12.1. The fourth-order valence-electron chi connectivity index (χ4n) is 3.71. The molecule has 1 aliphatic heterocycles. The van der Waals surface area contributed by atoms with Gasteiger partial charge in [0, 0.05) is 25.3 Å². The minimum atomic E-state index is -0.308. The third-order valence-corrected chi connectivity index (χ3v) is 4.96. The van der Waals surface area contributed by atoms with Crippen LogP contribution in [0.1, 0.15) is 29.3 Å². The van der Waals surface area contributed by atoms with Gasteiger partial charge in [0.25, 0.3) is 0 Å². The average Bonchev–Trinajstić information content (AvgIpc) is 3.18. The first kappa shape index (κ1) is 16.1. The molecule has 4 rings (SSSR count). The van der Waals surface area contributed by atoms with E-state index >= 15 is 0 Å². The van der Waals surface area contributed by atoms with Crippen LogP contribution in [0.5, 0.6) is 5.75 Å². The first-order valence-corrected chi connectivity index (χ1v) is 8.62. The van der Waals surface area contributed by atoms with Crippen molar-refractivity contribution in [3.05, 3.63) is 65.6 Å². The van der Waals surface area contributed by atoms with E-state index in [9.17, 15) is 5.11 Å². The van der Waals surface area contributed by atoms with Crippen molar-refractivity contribution in [2.24, 2.45) is 0 Å². The van der Waals surface area contributed by atoms with Crippen LogP contribution in [0, 0.1) is 6.92 Å². The van der Waals surface area contributed by atoms with E-state index in [-0.39, 0.29) is 12.1 Å². The number of aliphatic hydroxyl groups is 1. The van der Waals surface area contributed by atoms with E-state index in [4.69, 9.17) is 4.74 Å². The van der Waals surface area contributed by atoms with Crippen molar-refractivity contribution in [2.75, 3.05) is 13.7 Å². The van der Waals surface area contributed by atoms with Crippen LogP contribution in [-0.4, -0.2) is 39.1 Å². The molecular weight excluding hydrogens is 314 g/mol. The number of hydrogen-bond acceptors (Lipinski definition) is 4. The third-order valence-electron chi connectivity index (χ3n) is 4.96. The van der Waals surface area contributed by atoms with Gasteiger partial charge in [0.1, 0.15) is 11.4 Å². The van der Waals surface area contributed by atoms with Crippen molar-refractivity contribution in [3.63, 3.8) is 0 Å². The molecule has 0 amide bonds. The molecular formula is C20H23N3O2. The summed E-state index contributed by atoms with van der Waals surface area (Å²) in [7, 11) is 1.68. The van der Waals surface area contributed by atoms with Crippen LogP contribution < -0.4 is 4.74 Å². The molecule has 0 saturated carbocycles. The molecule has 0 radical (unpaired) electrons. The summed E-state index contributed by atoms with van der Waals surface area (Å²) in [6.07, 6.45) is 4.48. The van der Waals surface area contributed by atoms with Gasteiger partial charge in [-0.25, -0.2) is 4.98 Å². The van der Waals surface area contributed by atoms with Crippen molar-refractivity contribution in [3.8, 4) is 5.75 Å². The molecule has 2 aromatic heterocycles. The van der Waals surface area contributed by atoms with Gasteiger partial charge < -0.3 is 14.2 Å². The van der Waals surface area contributed by atoms with Crippen LogP contribution in [0.25, 0.3) is 5.65 Å². The number of imidazole rings is 1. The molecule has 0 bridgehead atoms. The van der Waals surface area contributed by atoms with Crippen LogP contribution in [0.4, 0.5) is 0 Å². The number of methoxy groups -OCH3 is 1. The minimum Gasteiger partial charge on any atom is -0.497 e. The van der Waals surface area contributed by atoms with E-state index in [1.54, 1.807) is 7.11 Å². The maximum Gasteiger partial charge on any atom is 0.136 e. The number of likely N-dealkylation sites (tertiary alicyclic amines) is 1. The Morgan fingerprint density at radius 3 is 3.00 bits per heavy atom. The van der Waals surface area contributed by atoms with Crippen molar-refractivity contribution in [2.45, 2.75) is 32.0 Å². The lowest BCUT2D eigenvalue weighted by molar-refractivity contribution is 0.172. The lowest BCUT2D eigenvalue weighted by Gasteiger charge is -2.24. The number of pyridine rings is 1. The van der Waals surface area contributed by atoms with Gasteiger partial charge in [0.2, 0.25) is 0 Å². The summed E-state index contributed by atoms with van der Waals surface area (Å²) in [5.74, 6) is 0.851. The van der Waals surface area contributed by atoms with Crippen LogP contribution >= 0.6 is 0 Å². The largest absolute Gasteiger partial charge is 0.497 e. The monoisotopic (exact) mass is 337 g/mol. The summed E-state index contributed by atoms with van der Waals surface area (Å²) in [6, 6.07) is 12.4. The highest BCUT2D eigenvalue weighted by atomic mass is 16.5. The second-order valence-corrected chi connectivity index (χ2v) is 6.80. The lowest BCUT2D eigenvalue weighted by Crippen LogP contribution is -2.25. The van der Waals surface area contributed by atoms with Gasteiger partial charge in [-0.3, -0.25) is 4.90 Å². The second-order valence-electron chi connectivity index (χ2n) is 6.80. The average molecular weight is 337 g/mol. The molecule has 1 N–H and O–H groups in total. The molecule has 1 fully saturated rings. The van der Waals surface area contributed by atoms with E-state index in [2.05, 4.69) is 45.6 Å². The Morgan fingerprint density at radius 1 is 1.28 bits per heavy atom. The highest BCUT2D eigenvalue weighted by Crippen LogP contribution is 2.34. The number of aryl methyl sites for hydroxylation is 1. The molecule has 0 spiro atoms. The molecule has 2 atom stereocenters. The maximum absolute atomic E-state index is 10.2. The van der Waals surface area contributed by atoms with Crippen molar-refractivity contribution in [1.82, 2.24) is 14.3 Å². The Balaban J connectivity index is 1.64. The maximum atomic E-state index is 10.2. The number of rotatable bonds is 4. The molecule has 5 nitrogen and oxygen atoms in total. The quantitative estimate of drug-likeness (QED) is 0.795. The Kier molecular flexibility index (Phi) is 4.19. The topological polar surface area (TPSA) is 50.0 Å². The predicted octanol–water partition coefficient (Wildman–Crippen LogP) is 2.96. The zero-order valence-corrected chi connectivity index (χ0v) is 14.6. The predicted molar refractivity (Wildman–Crippen MR) is 96.7 cm³/mol. The Hall–Kier alpha value is -2.37. The fraction of sp³-hybridized carbons (Fsp3) is 0.350. The Bertz CT molecular complexity index is 890. The number of fused-ring (bicyclic) bond motifs is 1. The molecule has 3 heterocycles. The van der Waals surface area contributed by atoms with Crippen molar-refractivity contribution in [1.29, 1.82) is 0 Å². The summed E-state index contributed by atoms with van der Waals surface area (Å²) < 4.78 is 7.50. The van der Waals surface area contributed by atoms with E-state index in [1.165, 1.54) is 11.1 Å². The summed E-state index contributed by atoms with van der Waals surface area (Å²) in [5, 5.41) is 10.2. The van der Waals surface area contributed by atoms with Gasteiger partial charge in [0.15, 0.2) is 0 Å². The van der Waals surface area contributed by atoms with Gasteiger partial charge in [-0.05, 0) is 42.7 Å². The SMILES string of the molecule is COc1cccc([C@H]2C[C@H](O)CN2Cc2cnc3ccc(C)cn23)c1. The second kappa shape index (κ2) is 6.50. The molecule has 1 aliphatic rings. The molecule has 1 aromatic carbocycles. The van der Waals surface area contributed by atoms with Gasteiger partial charge >= 0.3 is 0 Å². The molecule has 5 heteroatoms. The Morgan fingerprint density at radius 2 is 2.16 bits per heavy atom. The van der Waals surface area contributed by atoms with Crippen LogP contribution in [0.3, 0.4) is 0 Å². The lowest BCUT2D eigenvalue weighted by atomic mass is 10.0. The number of nitrogens with zero attached hydrogens (tertiary/aromatic N) is 3. The van der Waals surface area contributed by atoms with Gasteiger partial charge in [-0.15, -0.1) is 0 Å². The summed E-state index contributed by atoms with van der Waals surface area (Å²) in [6.45, 7) is 3.51. The molecule has 0 unspecified atom stereocenters. The zero-order chi connectivity index (χ0) is 17.4. The van der Waals surface area contributed by atoms with Gasteiger partial charge in [0.05, 0.1) is 25.1 Å². The Labute approximate surface area is 147 Å². The smallest absolute Gasteiger partial charge is 0.136 e. The molecule has 1 saturated heterocycles. The minimum absolute atomic E-state index is 0.181. The molecule has 3 aromatic rings. The van der Waals surface area contributed by atoms with Crippen LogP contribution in [0.2, 0.25) is 0 Å². The third kappa shape index (κ3) is 3.13. The molecule has 130 valence electrons. The molecule has 0 aliphatic carbocycles. The van der Waals surface area contributed by atoms with Crippen molar-refractivity contribution < 1.29 is 9.84 Å². The van der Waals surface area contributed by atoms with Crippen molar-refractivity contribution >= 4 is 5.65 Å². The fourth-order valence-corrected chi connectivity index (χ4v) is 3.71. The number of hydrogen-bond donors (Lipinski definition) is 1. The number of aliphatic hydroxyl groups excluding tert-OH is 1. The first-order valence-electron chi connectivity index (χ1n) is 8.62. The number of aromatic nitrogens is 2. The van der Waals surface area contributed by atoms with E-state index in [0.717, 1.165) is 30.1 Å². The number of ether oxygens (including phenoxy) is 1. The summed E-state index contributed by atoms with van der Waals surface area (Å²) >= 11 is 0. The standard InChI is InChI=1S/C20H23N3O2/c1-14-6-7-20-21-10-16(23(20)11-14)12-22-13-17(24)9-19(22)15-4-3-5-18(8-15)25-2/h3-8,10-11,17,19,24H,9,12-13H2,1-2H3/t17-,19+/m0/s1. The summed E-state index contributed by atoms with van der Waals surface area (Å²) in [5.41, 5.74) is 4.48. The van der Waals surface area contributed by atoms with Gasteiger partial charge in [-0.1, -0.05) is 18.2 Å². The molecule has 25 heavy (non-hydrogen) atoms. The van der Waals surface area contributed by atoms with Crippen LogP contribution in [-0.2, 0) is 6.54 Å².